The van der Waals surface area contributed by atoms with Crippen molar-refractivity contribution in [2.75, 3.05) is 25.0 Å². The number of fused-ring (bicyclic) bond motifs is 1. The largest absolute Gasteiger partial charge is 0.370 e. The second-order valence-electron chi connectivity index (χ2n) is 7.84. The topological polar surface area (TPSA) is 71.5 Å². The number of carbonyl (C=O) groups is 2. The number of rotatable bonds is 4. The molecule has 2 amide bonds. The molecular weight excluding hydrogens is 398 g/mol. The second kappa shape index (κ2) is 7.81. The summed E-state index contributed by atoms with van der Waals surface area (Å²) in [6.07, 6.45) is 3.72. The summed E-state index contributed by atoms with van der Waals surface area (Å²) in [5.74, 6) is 0.408. The molecule has 1 saturated carbocycles. The number of thiophene rings is 1. The number of carbonyl (C=O) groups excluding carboxylic acids is 2. The fourth-order valence-corrected chi connectivity index (χ4v) is 5.18. The summed E-state index contributed by atoms with van der Waals surface area (Å²) in [5.41, 5.74) is 2.90. The van der Waals surface area contributed by atoms with Gasteiger partial charge in [0.15, 0.2) is 0 Å². The van der Waals surface area contributed by atoms with E-state index in [4.69, 9.17) is 4.74 Å². The molecule has 30 heavy (non-hydrogen) atoms. The summed E-state index contributed by atoms with van der Waals surface area (Å²) in [7, 11) is 0. The third kappa shape index (κ3) is 3.59. The van der Waals surface area contributed by atoms with Gasteiger partial charge in [-0.3, -0.25) is 9.59 Å². The average Bonchev–Trinajstić information content (AvgIpc) is 3.53. The van der Waals surface area contributed by atoms with E-state index in [0.29, 0.717) is 30.5 Å². The molecule has 0 bridgehead atoms. The quantitative estimate of drug-likeness (QED) is 0.680. The first-order chi connectivity index (χ1) is 14.6. The predicted octanol–water partition coefficient (Wildman–Crippen LogP) is 4.35. The van der Waals surface area contributed by atoms with Crippen molar-refractivity contribution in [1.29, 1.82) is 0 Å². The van der Waals surface area contributed by atoms with E-state index < -0.39 is 0 Å². The standard InChI is InChI=1S/C23H23N3O3S/c1-14(27)26-11-12-29-19(13-26)20-17-6-4-10-24-23(17)30-21(20)22(28)25-18-7-3-2-5-16(18)15-8-9-15/h2-7,10,15,19H,8-9,11-13H2,1H3,(H,25,28)/t19-/m1/s1. The number of ether oxygens (including phenoxy) is 1. The van der Waals surface area contributed by atoms with Crippen molar-refractivity contribution in [1.82, 2.24) is 9.88 Å². The van der Waals surface area contributed by atoms with Gasteiger partial charge in [0, 0.05) is 36.3 Å². The first-order valence-corrected chi connectivity index (χ1v) is 11.1. The fourth-order valence-electron chi connectivity index (χ4n) is 4.09. The number of pyridine rings is 1. The highest BCUT2D eigenvalue weighted by atomic mass is 32.1. The maximum absolute atomic E-state index is 13.4. The molecule has 1 saturated heterocycles. The van der Waals surface area contributed by atoms with Crippen LogP contribution in [0.15, 0.2) is 42.6 Å². The Bertz CT molecular complexity index is 1120. The third-order valence-corrected chi connectivity index (χ3v) is 6.90. The zero-order valence-electron chi connectivity index (χ0n) is 16.8. The average molecular weight is 422 g/mol. The Kier molecular flexibility index (Phi) is 5.00. The van der Waals surface area contributed by atoms with Crippen LogP contribution in [0.5, 0.6) is 0 Å². The molecule has 1 aliphatic heterocycles. The highest BCUT2D eigenvalue weighted by molar-refractivity contribution is 7.20. The Hall–Kier alpha value is -2.77. The minimum atomic E-state index is -0.347. The monoisotopic (exact) mass is 421 g/mol. The van der Waals surface area contributed by atoms with Gasteiger partial charge < -0.3 is 15.0 Å². The van der Waals surface area contributed by atoms with Crippen LogP contribution in [-0.4, -0.2) is 41.4 Å². The number of aromatic nitrogens is 1. The second-order valence-corrected chi connectivity index (χ2v) is 8.84. The van der Waals surface area contributed by atoms with Gasteiger partial charge in [-0.05, 0) is 36.5 Å². The number of hydrogen-bond acceptors (Lipinski definition) is 5. The van der Waals surface area contributed by atoms with Crippen LogP contribution >= 0.6 is 11.3 Å². The van der Waals surface area contributed by atoms with E-state index in [1.165, 1.54) is 29.7 Å². The molecule has 0 radical (unpaired) electrons. The fraction of sp³-hybridized carbons (Fsp3) is 0.348. The van der Waals surface area contributed by atoms with E-state index in [0.717, 1.165) is 21.5 Å². The molecule has 1 N–H and O–H groups in total. The van der Waals surface area contributed by atoms with Crippen LogP contribution < -0.4 is 5.32 Å². The Morgan fingerprint density at radius 1 is 1.20 bits per heavy atom. The highest BCUT2D eigenvalue weighted by Gasteiger charge is 2.32. The van der Waals surface area contributed by atoms with Crippen LogP contribution in [-0.2, 0) is 9.53 Å². The molecular formula is C23H23N3O3S. The van der Waals surface area contributed by atoms with Crippen molar-refractivity contribution in [3.8, 4) is 0 Å². The van der Waals surface area contributed by atoms with Gasteiger partial charge in [0.25, 0.3) is 5.91 Å². The molecule has 3 heterocycles. The molecule has 2 fully saturated rings. The molecule has 0 unspecified atom stereocenters. The van der Waals surface area contributed by atoms with Gasteiger partial charge in [0.2, 0.25) is 5.91 Å². The summed E-state index contributed by atoms with van der Waals surface area (Å²) in [6, 6.07) is 11.9. The highest BCUT2D eigenvalue weighted by Crippen LogP contribution is 2.44. The van der Waals surface area contributed by atoms with Gasteiger partial charge >= 0.3 is 0 Å². The molecule has 7 heteroatoms. The molecule has 1 atom stereocenters. The number of para-hydroxylation sites is 1. The third-order valence-electron chi connectivity index (χ3n) is 5.77. The number of nitrogens with zero attached hydrogens (tertiary/aromatic N) is 2. The number of nitrogens with one attached hydrogen (secondary N) is 1. The Balaban J connectivity index is 1.52. The van der Waals surface area contributed by atoms with Crippen molar-refractivity contribution in [3.05, 3.63) is 58.6 Å². The molecule has 6 nitrogen and oxygen atoms in total. The molecule has 1 aromatic carbocycles. The summed E-state index contributed by atoms with van der Waals surface area (Å²) in [6.45, 7) is 3.03. The van der Waals surface area contributed by atoms with E-state index in [-0.39, 0.29) is 17.9 Å². The number of amides is 2. The van der Waals surface area contributed by atoms with Crippen LogP contribution in [0.2, 0.25) is 0 Å². The molecule has 154 valence electrons. The van der Waals surface area contributed by atoms with Gasteiger partial charge in [0.05, 0.1) is 13.2 Å². The van der Waals surface area contributed by atoms with Gasteiger partial charge in [0.1, 0.15) is 15.8 Å². The van der Waals surface area contributed by atoms with E-state index in [1.807, 2.05) is 30.3 Å². The lowest BCUT2D eigenvalue weighted by atomic mass is 10.0. The van der Waals surface area contributed by atoms with E-state index in [1.54, 1.807) is 18.0 Å². The van der Waals surface area contributed by atoms with Gasteiger partial charge in [-0.25, -0.2) is 4.98 Å². The molecule has 2 aliphatic rings. The maximum atomic E-state index is 13.4. The zero-order chi connectivity index (χ0) is 20.7. The summed E-state index contributed by atoms with van der Waals surface area (Å²) in [5, 5.41) is 4.05. The minimum absolute atomic E-state index is 0.0188. The normalized spacial score (nSPS) is 19.1. The summed E-state index contributed by atoms with van der Waals surface area (Å²) < 4.78 is 6.03. The SMILES string of the molecule is CC(=O)N1CCO[C@@H](c2c(C(=O)Nc3ccccc3C3CC3)sc3ncccc23)C1. The lowest BCUT2D eigenvalue weighted by Crippen LogP contribution is -2.41. The smallest absolute Gasteiger partial charge is 0.266 e. The van der Waals surface area contributed by atoms with Crippen molar-refractivity contribution >= 4 is 39.1 Å². The lowest BCUT2D eigenvalue weighted by Gasteiger charge is -2.32. The Morgan fingerprint density at radius 2 is 2.03 bits per heavy atom. The van der Waals surface area contributed by atoms with Crippen LogP contribution in [0.4, 0.5) is 5.69 Å². The van der Waals surface area contributed by atoms with Crippen molar-refractivity contribution in [3.63, 3.8) is 0 Å². The number of anilines is 1. The van der Waals surface area contributed by atoms with E-state index >= 15 is 0 Å². The number of hydrogen-bond donors (Lipinski definition) is 1. The molecule has 0 spiro atoms. The lowest BCUT2D eigenvalue weighted by molar-refractivity contribution is -0.136. The summed E-state index contributed by atoms with van der Waals surface area (Å²) in [4.78, 5) is 33.0. The van der Waals surface area contributed by atoms with Crippen LogP contribution in [0.25, 0.3) is 10.2 Å². The molecule has 1 aliphatic carbocycles. The minimum Gasteiger partial charge on any atom is -0.370 e. The Labute approximate surface area is 178 Å². The zero-order valence-corrected chi connectivity index (χ0v) is 17.6. The first-order valence-electron chi connectivity index (χ1n) is 10.3. The van der Waals surface area contributed by atoms with Gasteiger partial charge in [-0.15, -0.1) is 11.3 Å². The van der Waals surface area contributed by atoms with Crippen LogP contribution in [0.3, 0.4) is 0 Å². The first kappa shape index (κ1) is 19.2. The molecule has 3 aromatic rings. The van der Waals surface area contributed by atoms with Crippen molar-refractivity contribution in [2.24, 2.45) is 0 Å². The summed E-state index contributed by atoms with van der Waals surface area (Å²) >= 11 is 1.38. The number of benzene rings is 1. The van der Waals surface area contributed by atoms with E-state index in [9.17, 15) is 9.59 Å². The van der Waals surface area contributed by atoms with Crippen molar-refractivity contribution < 1.29 is 14.3 Å². The van der Waals surface area contributed by atoms with Gasteiger partial charge in [-0.2, -0.15) is 0 Å². The molecule has 2 aromatic heterocycles. The Morgan fingerprint density at radius 3 is 2.83 bits per heavy atom. The number of morpholine rings is 1. The molecule has 5 rings (SSSR count). The van der Waals surface area contributed by atoms with Crippen molar-refractivity contribution in [2.45, 2.75) is 31.8 Å². The maximum Gasteiger partial charge on any atom is 0.266 e. The predicted molar refractivity (Wildman–Crippen MR) is 117 cm³/mol. The van der Waals surface area contributed by atoms with E-state index in [2.05, 4.69) is 16.4 Å². The van der Waals surface area contributed by atoms with Crippen LogP contribution in [0.1, 0.15) is 52.6 Å². The van der Waals surface area contributed by atoms with Gasteiger partial charge in [-0.1, -0.05) is 24.3 Å². The van der Waals surface area contributed by atoms with Crippen LogP contribution in [0, 0.1) is 0 Å².